The van der Waals surface area contributed by atoms with Gasteiger partial charge < -0.3 is 4.42 Å². The van der Waals surface area contributed by atoms with Gasteiger partial charge in [-0.1, -0.05) is 17.7 Å². The summed E-state index contributed by atoms with van der Waals surface area (Å²) in [6, 6.07) is 6.84. The summed E-state index contributed by atoms with van der Waals surface area (Å²) in [6.07, 6.45) is 1.59. The first-order valence-electron chi connectivity index (χ1n) is 5.43. The summed E-state index contributed by atoms with van der Waals surface area (Å²) in [6.45, 7) is 4.15. The van der Waals surface area contributed by atoms with E-state index >= 15 is 0 Å². The third-order valence-corrected chi connectivity index (χ3v) is 2.95. The molecule has 0 bridgehead atoms. The lowest BCUT2D eigenvalue weighted by Crippen LogP contribution is -2.11. The molecule has 1 aromatic carbocycles. The van der Waals surface area contributed by atoms with E-state index in [9.17, 15) is 0 Å². The van der Waals surface area contributed by atoms with Gasteiger partial charge in [-0.2, -0.15) is 4.98 Å². The summed E-state index contributed by atoms with van der Waals surface area (Å²) in [5.74, 6) is 0.365. The van der Waals surface area contributed by atoms with Crippen LogP contribution < -0.4 is 4.90 Å². The zero-order chi connectivity index (χ0) is 12.4. The van der Waals surface area contributed by atoms with Crippen LogP contribution in [0.5, 0.6) is 0 Å². The molecule has 90 valence electrons. The number of hydrogen-bond donors (Lipinski definition) is 0. The van der Waals surface area contributed by atoms with Crippen molar-refractivity contribution in [2.45, 2.75) is 19.7 Å². The molecular weight excluding hydrogens is 236 g/mol. The predicted octanol–water partition coefficient (Wildman–Crippen LogP) is 3.80. The number of aryl methyl sites for hydroxylation is 2. The Morgan fingerprint density at radius 3 is 2.71 bits per heavy atom. The standard InChI is InChI=1S/C13H15ClN2O/c1-9-4-5-12(10(2)6-9)16(3)13-15-11(7-14)8-17-13/h4-6,8H,7H2,1-3H3. The van der Waals surface area contributed by atoms with Gasteiger partial charge in [0.25, 0.3) is 0 Å². The molecule has 0 saturated carbocycles. The number of hydrogen-bond acceptors (Lipinski definition) is 3. The highest BCUT2D eigenvalue weighted by atomic mass is 35.5. The maximum absolute atomic E-state index is 5.70. The van der Waals surface area contributed by atoms with Gasteiger partial charge in [0.05, 0.1) is 11.6 Å². The molecule has 0 spiro atoms. The Balaban J connectivity index is 2.33. The molecule has 1 aromatic heterocycles. The summed E-state index contributed by atoms with van der Waals surface area (Å²) >= 11 is 5.70. The highest BCUT2D eigenvalue weighted by molar-refractivity contribution is 6.16. The highest BCUT2D eigenvalue weighted by Crippen LogP contribution is 2.26. The molecule has 0 amide bonds. The molecule has 0 saturated heterocycles. The summed E-state index contributed by atoms with van der Waals surface area (Å²) in [4.78, 5) is 6.22. The fraction of sp³-hybridized carbons (Fsp3) is 0.308. The van der Waals surface area contributed by atoms with Gasteiger partial charge in [0.2, 0.25) is 0 Å². The summed E-state index contributed by atoms with van der Waals surface area (Å²) in [5.41, 5.74) is 4.27. The zero-order valence-corrected chi connectivity index (χ0v) is 11.0. The minimum atomic E-state index is 0.365. The van der Waals surface area contributed by atoms with Gasteiger partial charge in [-0.15, -0.1) is 11.6 Å². The second-order valence-corrected chi connectivity index (χ2v) is 4.37. The van der Waals surface area contributed by atoms with E-state index in [0.717, 1.165) is 11.4 Å². The van der Waals surface area contributed by atoms with Crippen molar-refractivity contribution in [3.63, 3.8) is 0 Å². The third-order valence-electron chi connectivity index (χ3n) is 2.68. The van der Waals surface area contributed by atoms with Crippen LogP contribution in [-0.2, 0) is 5.88 Å². The van der Waals surface area contributed by atoms with Crippen LogP contribution in [0.15, 0.2) is 28.9 Å². The van der Waals surface area contributed by atoms with Crippen LogP contribution in [0.2, 0.25) is 0 Å². The van der Waals surface area contributed by atoms with Crippen molar-refractivity contribution in [3.05, 3.63) is 41.3 Å². The Labute approximate surface area is 106 Å². The predicted molar refractivity (Wildman–Crippen MR) is 70.0 cm³/mol. The van der Waals surface area contributed by atoms with Gasteiger partial charge >= 0.3 is 6.01 Å². The Bertz CT molecular complexity index is 522. The van der Waals surface area contributed by atoms with Crippen molar-refractivity contribution >= 4 is 23.3 Å². The number of halogens is 1. The molecule has 0 aliphatic heterocycles. The molecular formula is C13H15ClN2O. The summed E-state index contributed by atoms with van der Waals surface area (Å²) in [7, 11) is 1.93. The van der Waals surface area contributed by atoms with E-state index in [1.165, 1.54) is 11.1 Å². The van der Waals surface area contributed by atoms with Crippen LogP contribution >= 0.6 is 11.6 Å². The highest BCUT2D eigenvalue weighted by Gasteiger charge is 2.12. The minimum Gasteiger partial charge on any atom is -0.431 e. The van der Waals surface area contributed by atoms with Gasteiger partial charge in [-0.3, -0.25) is 4.90 Å². The molecule has 1 heterocycles. The van der Waals surface area contributed by atoms with Crippen molar-refractivity contribution in [3.8, 4) is 0 Å². The largest absolute Gasteiger partial charge is 0.431 e. The fourth-order valence-electron chi connectivity index (χ4n) is 1.80. The monoisotopic (exact) mass is 250 g/mol. The number of oxazole rings is 1. The molecule has 3 nitrogen and oxygen atoms in total. The summed E-state index contributed by atoms with van der Waals surface area (Å²) < 4.78 is 5.39. The van der Waals surface area contributed by atoms with Crippen LogP contribution in [-0.4, -0.2) is 12.0 Å². The van der Waals surface area contributed by atoms with E-state index in [4.69, 9.17) is 16.0 Å². The van der Waals surface area contributed by atoms with Crippen LogP contribution in [0.3, 0.4) is 0 Å². The smallest absolute Gasteiger partial charge is 0.301 e. The van der Waals surface area contributed by atoms with Gasteiger partial charge in [-0.25, -0.2) is 0 Å². The third kappa shape index (κ3) is 2.44. The zero-order valence-electron chi connectivity index (χ0n) is 10.2. The van der Waals surface area contributed by atoms with Gasteiger partial charge in [0.1, 0.15) is 6.26 Å². The van der Waals surface area contributed by atoms with Crippen LogP contribution in [0.25, 0.3) is 0 Å². The number of aromatic nitrogens is 1. The van der Waals surface area contributed by atoms with Gasteiger partial charge in [0.15, 0.2) is 0 Å². The second kappa shape index (κ2) is 4.80. The van der Waals surface area contributed by atoms with Gasteiger partial charge in [-0.05, 0) is 25.5 Å². The molecule has 0 aliphatic carbocycles. The Morgan fingerprint density at radius 1 is 1.35 bits per heavy atom. The first-order chi connectivity index (χ1) is 8.11. The first-order valence-corrected chi connectivity index (χ1v) is 5.96. The lowest BCUT2D eigenvalue weighted by Gasteiger charge is -2.17. The van der Waals surface area contributed by atoms with Crippen LogP contribution in [0.4, 0.5) is 11.7 Å². The van der Waals surface area contributed by atoms with Crippen molar-refractivity contribution in [2.75, 3.05) is 11.9 Å². The van der Waals surface area contributed by atoms with E-state index < -0.39 is 0 Å². The Morgan fingerprint density at radius 2 is 2.12 bits per heavy atom. The van der Waals surface area contributed by atoms with Crippen molar-refractivity contribution < 1.29 is 4.42 Å². The van der Waals surface area contributed by atoms with E-state index in [1.807, 2.05) is 11.9 Å². The quantitative estimate of drug-likeness (QED) is 0.776. The molecule has 0 fully saturated rings. The molecule has 0 N–H and O–H groups in total. The van der Waals surface area contributed by atoms with Crippen molar-refractivity contribution in [2.24, 2.45) is 0 Å². The Kier molecular flexibility index (Phi) is 3.38. The van der Waals surface area contributed by atoms with E-state index in [-0.39, 0.29) is 0 Å². The van der Waals surface area contributed by atoms with Crippen LogP contribution in [0, 0.1) is 13.8 Å². The molecule has 2 aromatic rings. The molecule has 0 radical (unpaired) electrons. The lowest BCUT2D eigenvalue weighted by atomic mass is 10.1. The van der Waals surface area contributed by atoms with Gasteiger partial charge in [0, 0.05) is 12.7 Å². The average Bonchev–Trinajstić information content (AvgIpc) is 2.76. The molecule has 0 atom stereocenters. The first kappa shape index (κ1) is 12.0. The van der Waals surface area contributed by atoms with Crippen molar-refractivity contribution in [1.29, 1.82) is 0 Å². The second-order valence-electron chi connectivity index (χ2n) is 4.10. The lowest BCUT2D eigenvalue weighted by molar-refractivity contribution is 0.560. The number of alkyl halides is 1. The number of anilines is 2. The maximum Gasteiger partial charge on any atom is 0.301 e. The normalized spacial score (nSPS) is 10.6. The fourth-order valence-corrected chi connectivity index (χ4v) is 1.92. The number of benzene rings is 1. The molecule has 17 heavy (non-hydrogen) atoms. The maximum atomic E-state index is 5.70. The number of rotatable bonds is 3. The summed E-state index contributed by atoms with van der Waals surface area (Å²) in [5, 5.41) is 0. The average molecular weight is 251 g/mol. The molecule has 0 unspecified atom stereocenters. The SMILES string of the molecule is Cc1ccc(N(C)c2nc(CCl)co2)c(C)c1. The van der Waals surface area contributed by atoms with Crippen LogP contribution in [0.1, 0.15) is 16.8 Å². The molecule has 4 heteroatoms. The van der Waals surface area contributed by atoms with Crippen molar-refractivity contribution in [1.82, 2.24) is 4.98 Å². The van der Waals surface area contributed by atoms with E-state index in [0.29, 0.717) is 11.9 Å². The topological polar surface area (TPSA) is 29.3 Å². The minimum absolute atomic E-state index is 0.365. The number of nitrogens with zero attached hydrogens (tertiary/aromatic N) is 2. The van der Waals surface area contributed by atoms with E-state index in [2.05, 4.69) is 37.0 Å². The molecule has 0 aliphatic rings. The van der Waals surface area contributed by atoms with E-state index in [1.54, 1.807) is 6.26 Å². The Hall–Kier alpha value is -1.48. The molecule has 2 rings (SSSR count).